The highest BCUT2D eigenvalue weighted by molar-refractivity contribution is 7.79. The summed E-state index contributed by atoms with van der Waals surface area (Å²) in [5.41, 5.74) is 3.76. The number of thiol groups is 1. The fourth-order valence-electron chi connectivity index (χ4n) is 6.45. The van der Waals surface area contributed by atoms with E-state index in [1.807, 2.05) is 21.0 Å². The Morgan fingerprint density at radius 1 is 0.567 bits per heavy atom. The van der Waals surface area contributed by atoms with Crippen molar-refractivity contribution in [1.29, 1.82) is 0 Å². The van der Waals surface area contributed by atoms with Gasteiger partial charge in [-0.25, -0.2) is 0 Å². The average Bonchev–Trinajstić information content (AvgIpc) is 3.22. The van der Waals surface area contributed by atoms with Crippen molar-refractivity contribution in [2.75, 3.05) is 46.7 Å². The van der Waals surface area contributed by atoms with E-state index in [0.717, 1.165) is 25.8 Å². The molecule has 0 aromatic heterocycles. The summed E-state index contributed by atoms with van der Waals surface area (Å²) in [6, 6.07) is 0. The van der Waals surface area contributed by atoms with Crippen LogP contribution in [0.3, 0.4) is 0 Å². The summed E-state index contributed by atoms with van der Waals surface area (Å²) in [6.45, 7) is 14.3. The van der Waals surface area contributed by atoms with E-state index in [4.69, 9.17) is 27.4 Å². The topological polar surface area (TPSA) is 98.5 Å². The Bertz CT molecular complexity index is 839. The second-order valence-electron chi connectivity index (χ2n) is 17.1. The van der Waals surface area contributed by atoms with Gasteiger partial charge in [-0.2, -0.15) is 12.6 Å². The monoisotopic (exact) mass is 872 g/mol. The van der Waals surface area contributed by atoms with Crippen molar-refractivity contribution in [3.8, 4) is 0 Å². The Morgan fingerprint density at radius 3 is 1.22 bits per heavy atom. The molecule has 1 unspecified atom stereocenters. The van der Waals surface area contributed by atoms with Gasteiger partial charge in [0.1, 0.15) is 13.2 Å². The molecular formula is C50H104BN2O6S+. The van der Waals surface area contributed by atoms with Crippen LogP contribution in [0.25, 0.3) is 0 Å². The summed E-state index contributed by atoms with van der Waals surface area (Å²) in [6.07, 6.45) is 45.9. The molecule has 0 rings (SSSR count). The highest BCUT2D eigenvalue weighted by Crippen LogP contribution is 2.16. The van der Waals surface area contributed by atoms with Crippen molar-refractivity contribution in [1.82, 2.24) is 5.64 Å². The van der Waals surface area contributed by atoms with Gasteiger partial charge < -0.3 is 14.7 Å². The lowest BCUT2D eigenvalue weighted by Crippen LogP contribution is -3.06. The SMILES string of the molecule is C=C(C)CCCCCCCCCCCCCCCCC.CCCC(=O)O.CS.[B]C(CONOCC[NH+](C)C)COC(=O)CCCCCCCCCCCCCCCCC. The largest absolute Gasteiger partial charge is 0.481 e. The fourth-order valence-corrected chi connectivity index (χ4v) is 6.45. The van der Waals surface area contributed by atoms with Gasteiger partial charge in [-0.05, 0) is 44.7 Å². The van der Waals surface area contributed by atoms with Gasteiger partial charge in [0.05, 0.1) is 35.2 Å². The fraction of sp³-hybridized carbons (Fsp3) is 0.920. The lowest BCUT2D eigenvalue weighted by molar-refractivity contribution is -0.859. The summed E-state index contributed by atoms with van der Waals surface area (Å²) in [4.78, 5) is 32.9. The van der Waals surface area contributed by atoms with E-state index in [1.165, 1.54) is 197 Å². The molecule has 358 valence electrons. The first-order chi connectivity index (χ1) is 29.1. The van der Waals surface area contributed by atoms with E-state index in [9.17, 15) is 9.59 Å². The first-order valence-corrected chi connectivity index (χ1v) is 26.0. The third-order valence-corrected chi connectivity index (χ3v) is 10.2. The van der Waals surface area contributed by atoms with Crippen molar-refractivity contribution in [3.05, 3.63) is 12.2 Å². The number of hydrogen-bond donors (Lipinski definition) is 4. The van der Waals surface area contributed by atoms with Gasteiger partial charge in [-0.15, -0.1) is 6.58 Å². The van der Waals surface area contributed by atoms with Crippen LogP contribution in [0.4, 0.5) is 0 Å². The Kier molecular flexibility index (Phi) is 65.6. The quantitative estimate of drug-likeness (QED) is 0.0121. The van der Waals surface area contributed by atoms with Crippen molar-refractivity contribution in [3.63, 3.8) is 0 Å². The number of hydrogen-bond acceptors (Lipinski definition) is 7. The number of ether oxygens (including phenoxy) is 1. The number of carboxylic acid groups (broad SMARTS) is 1. The number of carbonyl (C=O) groups excluding carboxylic acids is 1. The zero-order valence-electron chi connectivity index (χ0n) is 41.2. The zero-order valence-corrected chi connectivity index (χ0v) is 42.1. The van der Waals surface area contributed by atoms with Gasteiger partial charge in [0.2, 0.25) is 0 Å². The maximum Gasteiger partial charge on any atom is 0.305 e. The lowest BCUT2D eigenvalue weighted by atomic mass is 9.89. The normalized spacial score (nSPS) is 11.2. The number of allylic oxidation sites excluding steroid dienone is 1. The Balaban J connectivity index is -0.000000474. The number of carbonyl (C=O) groups is 2. The second kappa shape index (κ2) is 60.0. The number of nitrogens with one attached hydrogen (secondary N) is 2. The molecule has 1 atom stereocenters. The third-order valence-electron chi connectivity index (χ3n) is 10.2. The zero-order chi connectivity index (χ0) is 45.6. The van der Waals surface area contributed by atoms with Crippen molar-refractivity contribution in [2.24, 2.45) is 0 Å². The molecule has 0 amide bonds. The molecule has 0 aromatic rings. The predicted octanol–water partition coefficient (Wildman–Crippen LogP) is 13.6. The number of esters is 1. The smallest absolute Gasteiger partial charge is 0.305 e. The molecule has 3 N–H and O–H groups in total. The molecule has 8 nitrogen and oxygen atoms in total. The summed E-state index contributed by atoms with van der Waals surface area (Å²) in [5, 5.41) is 7.91. The van der Waals surface area contributed by atoms with E-state index in [-0.39, 0.29) is 25.0 Å². The molecule has 0 aliphatic rings. The first kappa shape index (κ1) is 65.5. The maximum atomic E-state index is 11.8. The van der Waals surface area contributed by atoms with E-state index in [2.05, 4.69) is 45.6 Å². The highest BCUT2D eigenvalue weighted by atomic mass is 32.1. The van der Waals surface area contributed by atoms with E-state index in [0.29, 0.717) is 19.4 Å². The first-order valence-electron chi connectivity index (χ1n) is 25.1. The standard InChI is InChI=1S/C25H51BN2O4.C20H40.C4H8O2.CH4S/c1-4-5-6-7-8-9-10-11-12-13-14-15-16-17-18-19-25(29)30-22-24(26)23-32-27-31-21-20-28(2)3;1-4-5-6-7-8-9-10-11-12-13-14-15-16-17-18-19-20(2)3;1-2-3-4(5)6;1-2/h24,27H,4-23H2,1-3H3;2,4-19H2,1,3H3;2-3H2,1H3,(H,5,6);2H,1H3/p+1. The number of rotatable bonds is 43. The molecule has 0 aliphatic heterocycles. The maximum absolute atomic E-state index is 11.8. The average molecular weight is 872 g/mol. The van der Waals surface area contributed by atoms with Gasteiger partial charge in [0.25, 0.3) is 0 Å². The lowest BCUT2D eigenvalue weighted by Gasteiger charge is -2.13. The van der Waals surface area contributed by atoms with Gasteiger partial charge in [-0.1, -0.05) is 212 Å². The van der Waals surface area contributed by atoms with Gasteiger partial charge in [0, 0.05) is 12.8 Å². The number of carboxylic acids is 1. The Morgan fingerprint density at radius 2 is 0.917 bits per heavy atom. The highest BCUT2D eigenvalue weighted by Gasteiger charge is 2.08. The summed E-state index contributed by atoms with van der Waals surface area (Å²) < 4.78 is 5.22. The Hall–Kier alpha value is -1.07. The van der Waals surface area contributed by atoms with Crippen LogP contribution in [0.5, 0.6) is 0 Å². The van der Waals surface area contributed by atoms with Gasteiger partial charge in [0.15, 0.2) is 0 Å². The van der Waals surface area contributed by atoms with Crippen LogP contribution >= 0.6 is 12.6 Å². The number of unbranched alkanes of at least 4 members (excludes halogenated alkanes) is 28. The third kappa shape index (κ3) is 71.4. The second-order valence-corrected chi connectivity index (χ2v) is 17.1. The van der Waals surface area contributed by atoms with E-state index < -0.39 is 5.97 Å². The molecule has 0 bridgehead atoms. The molecular weight excluding hydrogens is 767 g/mol. The van der Waals surface area contributed by atoms with Crippen LogP contribution in [0.1, 0.15) is 246 Å². The Labute approximate surface area is 381 Å². The van der Waals surface area contributed by atoms with Crippen molar-refractivity contribution >= 4 is 32.4 Å². The van der Waals surface area contributed by atoms with Crippen LogP contribution in [0.2, 0.25) is 5.82 Å². The number of likely N-dealkylation sites (N-methyl/N-ethyl adjacent to an activating group) is 1. The van der Waals surface area contributed by atoms with Crippen LogP contribution < -0.4 is 10.5 Å². The summed E-state index contributed by atoms with van der Waals surface area (Å²) in [5.74, 6) is -1.25. The minimum absolute atomic E-state index is 0.168. The predicted molar refractivity (Wildman–Crippen MR) is 265 cm³/mol. The van der Waals surface area contributed by atoms with Gasteiger partial charge in [-0.3, -0.25) is 19.3 Å². The molecule has 0 spiro atoms. The molecule has 2 radical (unpaired) electrons. The minimum atomic E-state index is -0.711. The number of aliphatic carboxylic acids is 1. The molecule has 0 fully saturated rings. The number of quaternary nitrogens is 1. The molecule has 60 heavy (non-hydrogen) atoms. The van der Waals surface area contributed by atoms with Crippen LogP contribution in [-0.2, 0) is 24.0 Å². The molecule has 10 heteroatoms. The summed E-state index contributed by atoms with van der Waals surface area (Å²) in [7, 11) is 9.97. The van der Waals surface area contributed by atoms with Crippen LogP contribution in [0.15, 0.2) is 12.2 Å². The van der Waals surface area contributed by atoms with Crippen LogP contribution in [-0.4, -0.2) is 71.6 Å². The van der Waals surface area contributed by atoms with E-state index >= 15 is 0 Å². The van der Waals surface area contributed by atoms with Crippen molar-refractivity contribution < 1.29 is 34.0 Å². The van der Waals surface area contributed by atoms with Crippen molar-refractivity contribution in [2.45, 2.75) is 252 Å². The van der Waals surface area contributed by atoms with Crippen LogP contribution in [0, 0.1) is 0 Å². The minimum Gasteiger partial charge on any atom is -0.481 e. The summed E-state index contributed by atoms with van der Waals surface area (Å²) >= 11 is 3.53. The molecule has 0 aliphatic carbocycles. The molecule has 0 saturated heterocycles. The van der Waals surface area contributed by atoms with Gasteiger partial charge >= 0.3 is 11.9 Å². The molecule has 0 aromatic carbocycles. The molecule has 0 saturated carbocycles. The van der Waals surface area contributed by atoms with E-state index in [1.54, 1.807) is 6.26 Å². The molecule has 0 heterocycles.